The Morgan fingerprint density at radius 3 is 2.41 bits per heavy atom. The second kappa shape index (κ2) is 8.14. The molecule has 0 fully saturated rings. The predicted molar refractivity (Wildman–Crippen MR) is 103 cm³/mol. The zero-order valence-corrected chi connectivity index (χ0v) is 14.9. The molecule has 1 N–H and O–H groups in total. The first kappa shape index (κ1) is 18.1. The van der Waals surface area contributed by atoms with E-state index < -0.39 is 11.9 Å². The third kappa shape index (κ3) is 4.30. The summed E-state index contributed by atoms with van der Waals surface area (Å²) in [7, 11) is 2.48. The standard InChI is InChI=1S/C21H18N2O4/c1-26-20(24)12-19(21(25)27-2)23-17-9-7-14(8-10-17)16-11-15-5-3-4-6-18(15)22-13-16/h3-13,23H,1-2H3/b19-12+. The lowest BCUT2D eigenvalue weighted by atomic mass is 10.1. The fourth-order valence-corrected chi connectivity index (χ4v) is 2.56. The molecular weight excluding hydrogens is 344 g/mol. The van der Waals surface area contributed by atoms with Gasteiger partial charge in [0.05, 0.1) is 25.8 Å². The van der Waals surface area contributed by atoms with E-state index in [0.717, 1.165) is 28.1 Å². The van der Waals surface area contributed by atoms with E-state index in [-0.39, 0.29) is 5.70 Å². The molecule has 3 aromatic rings. The quantitative estimate of drug-likeness (QED) is 0.552. The first-order valence-electron chi connectivity index (χ1n) is 8.21. The Kier molecular flexibility index (Phi) is 5.47. The van der Waals surface area contributed by atoms with Gasteiger partial charge in [-0.3, -0.25) is 4.98 Å². The summed E-state index contributed by atoms with van der Waals surface area (Å²) >= 11 is 0. The lowest BCUT2D eigenvalue weighted by molar-refractivity contribution is -0.138. The number of nitrogens with one attached hydrogen (secondary N) is 1. The van der Waals surface area contributed by atoms with Crippen molar-refractivity contribution < 1.29 is 19.1 Å². The van der Waals surface area contributed by atoms with E-state index in [9.17, 15) is 9.59 Å². The van der Waals surface area contributed by atoms with Crippen LogP contribution in [0, 0.1) is 0 Å². The van der Waals surface area contributed by atoms with Crippen LogP contribution in [-0.4, -0.2) is 31.1 Å². The highest BCUT2D eigenvalue weighted by molar-refractivity contribution is 5.98. The molecule has 3 rings (SSSR count). The smallest absolute Gasteiger partial charge is 0.354 e. The van der Waals surface area contributed by atoms with Gasteiger partial charge in [-0.2, -0.15) is 0 Å². The number of benzene rings is 2. The van der Waals surface area contributed by atoms with Gasteiger partial charge in [0.1, 0.15) is 5.70 Å². The largest absolute Gasteiger partial charge is 0.466 e. The van der Waals surface area contributed by atoms with Crippen LogP contribution < -0.4 is 5.32 Å². The van der Waals surface area contributed by atoms with Crippen molar-refractivity contribution in [2.45, 2.75) is 0 Å². The number of nitrogens with zero attached hydrogens (tertiary/aromatic N) is 1. The van der Waals surface area contributed by atoms with Crippen LogP contribution in [0.4, 0.5) is 5.69 Å². The van der Waals surface area contributed by atoms with Gasteiger partial charge in [0.25, 0.3) is 0 Å². The highest BCUT2D eigenvalue weighted by Gasteiger charge is 2.13. The first-order chi connectivity index (χ1) is 13.1. The number of carbonyl (C=O) groups is 2. The summed E-state index contributed by atoms with van der Waals surface area (Å²) in [5, 5.41) is 3.93. The van der Waals surface area contributed by atoms with Crippen LogP contribution >= 0.6 is 0 Å². The molecule has 0 aliphatic heterocycles. The first-order valence-corrected chi connectivity index (χ1v) is 8.21. The molecule has 0 aliphatic rings. The maximum absolute atomic E-state index is 11.8. The Labute approximate surface area is 156 Å². The molecule has 1 heterocycles. The normalized spacial score (nSPS) is 11.1. The van der Waals surface area contributed by atoms with Crippen molar-refractivity contribution in [2.24, 2.45) is 0 Å². The highest BCUT2D eigenvalue weighted by atomic mass is 16.5. The summed E-state index contributed by atoms with van der Waals surface area (Å²) in [5.41, 5.74) is 3.53. The molecule has 136 valence electrons. The maximum Gasteiger partial charge on any atom is 0.354 e. The minimum Gasteiger partial charge on any atom is -0.466 e. The molecule has 2 aromatic carbocycles. The van der Waals surface area contributed by atoms with Crippen LogP contribution in [0.25, 0.3) is 22.0 Å². The fourth-order valence-electron chi connectivity index (χ4n) is 2.56. The Morgan fingerprint density at radius 1 is 0.963 bits per heavy atom. The summed E-state index contributed by atoms with van der Waals surface area (Å²) in [4.78, 5) is 27.7. The number of anilines is 1. The van der Waals surface area contributed by atoms with Crippen molar-refractivity contribution in [2.75, 3.05) is 19.5 Å². The lowest BCUT2D eigenvalue weighted by Crippen LogP contribution is -2.15. The van der Waals surface area contributed by atoms with E-state index in [1.807, 2.05) is 42.6 Å². The van der Waals surface area contributed by atoms with Gasteiger partial charge < -0.3 is 14.8 Å². The summed E-state index contributed by atoms with van der Waals surface area (Å²) in [6.07, 6.45) is 2.87. The SMILES string of the molecule is COC(=O)/C=C(/Nc1ccc(-c2cnc3ccccc3c2)cc1)C(=O)OC. The number of ether oxygens (including phenoxy) is 2. The zero-order valence-electron chi connectivity index (χ0n) is 14.9. The molecule has 1 aromatic heterocycles. The molecule has 0 saturated heterocycles. The topological polar surface area (TPSA) is 77.5 Å². The number of hydrogen-bond donors (Lipinski definition) is 1. The summed E-state index contributed by atoms with van der Waals surface area (Å²) in [6.45, 7) is 0. The van der Waals surface area contributed by atoms with E-state index in [2.05, 4.69) is 25.8 Å². The summed E-state index contributed by atoms with van der Waals surface area (Å²) < 4.78 is 9.23. The van der Waals surface area contributed by atoms with Gasteiger partial charge in [0, 0.05) is 22.8 Å². The van der Waals surface area contributed by atoms with Crippen molar-refractivity contribution in [3.8, 4) is 11.1 Å². The van der Waals surface area contributed by atoms with Crippen molar-refractivity contribution in [1.82, 2.24) is 4.98 Å². The maximum atomic E-state index is 11.8. The van der Waals surface area contributed by atoms with Crippen LogP contribution in [0.2, 0.25) is 0 Å². The Bertz CT molecular complexity index is 1010. The minimum atomic E-state index is -0.664. The second-order valence-corrected chi connectivity index (χ2v) is 5.69. The van der Waals surface area contributed by atoms with Gasteiger partial charge in [-0.25, -0.2) is 9.59 Å². The average Bonchev–Trinajstić information content (AvgIpc) is 2.72. The van der Waals surface area contributed by atoms with Crippen LogP contribution in [0.5, 0.6) is 0 Å². The third-order valence-electron chi connectivity index (χ3n) is 3.96. The number of pyridine rings is 1. The van der Waals surface area contributed by atoms with Crippen molar-refractivity contribution in [3.63, 3.8) is 0 Å². The van der Waals surface area contributed by atoms with E-state index in [0.29, 0.717) is 5.69 Å². The van der Waals surface area contributed by atoms with Gasteiger partial charge in [0.15, 0.2) is 0 Å². The second-order valence-electron chi connectivity index (χ2n) is 5.69. The van der Waals surface area contributed by atoms with Gasteiger partial charge in [-0.1, -0.05) is 30.3 Å². The van der Waals surface area contributed by atoms with Gasteiger partial charge in [0.2, 0.25) is 0 Å². The molecule has 0 radical (unpaired) electrons. The van der Waals surface area contributed by atoms with Crippen LogP contribution in [-0.2, 0) is 19.1 Å². The number of methoxy groups -OCH3 is 2. The minimum absolute atomic E-state index is 0.00975. The van der Waals surface area contributed by atoms with Crippen molar-refractivity contribution in [3.05, 3.63) is 72.6 Å². The molecular formula is C21H18N2O4. The Balaban J connectivity index is 1.84. The third-order valence-corrected chi connectivity index (χ3v) is 3.96. The van der Waals surface area contributed by atoms with Crippen LogP contribution in [0.15, 0.2) is 72.6 Å². The van der Waals surface area contributed by atoms with Crippen LogP contribution in [0.1, 0.15) is 0 Å². The highest BCUT2D eigenvalue weighted by Crippen LogP contribution is 2.24. The van der Waals surface area contributed by atoms with E-state index in [1.54, 1.807) is 12.1 Å². The Hall–Kier alpha value is -3.67. The predicted octanol–water partition coefficient (Wildman–Crippen LogP) is 3.54. The molecule has 6 heteroatoms. The average molecular weight is 362 g/mol. The molecule has 0 spiro atoms. The van der Waals surface area contributed by atoms with Crippen molar-refractivity contribution >= 4 is 28.5 Å². The fraction of sp³-hybridized carbons (Fsp3) is 0.0952. The number of esters is 2. The molecule has 6 nitrogen and oxygen atoms in total. The van der Waals surface area contributed by atoms with Crippen LogP contribution in [0.3, 0.4) is 0 Å². The molecule has 0 amide bonds. The van der Waals surface area contributed by atoms with Gasteiger partial charge >= 0.3 is 11.9 Å². The molecule has 27 heavy (non-hydrogen) atoms. The number of hydrogen-bond acceptors (Lipinski definition) is 6. The summed E-state index contributed by atoms with van der Waals surface area (Å²) in [6, 6.07) is 17.4. The molecule has 0 saturated carbocycles. The Morgan fingerprint density at radius 2 is 1.70 bits per heavy atom. The zero-order chi connectivity index (χ0) is 19.2. The van der Waals surface area contributed by atoms with E-state index in [1.165, 1.54) is 14.2 Å². The van der Waals surface area contributed by atoms with Crippen molar-refractivity contribution in [1.29, 1.82) is 0 Å². The lowest BCUT2D eigenvalue weighted by Gasteiger charge is -2.10. The number of aromatic nitrogens is 1. The molecule has 0 unspecified atom stereocenters. The monoisotopic (exact) mass is 362 g/mol. The molecule has 0 aliphatic carbocycles. The number of para-hydroxylation sites is 1. The number of carbonyl (C=O) groups excluding carboxylic acids is 2. The van der Waals surface area contributed by atoms with Gasteiger partial charge in [-0.05, 0) is 29.8 Å². The van der Waals surface area contributed by atoms with Gasteiger partial charge in [-0.15, -0.1) is 0 Å². The number of fused-ring (bicyclic) bond motifs is 1. The molecule has 0 bridgehead atoms. The summed E-state index contributed by atoms with van der Waals surface area (Å²) in [5.74, 6) is -1.31. The molecule has 0 atom stereocenters. The van der Waals surface area contributed by atoms with E-state index in [4.69, 9.17) is 0 Å². The number of rotatable bonds is 5. The van der Waals surface area contributed by atoms with E-state index >= 15 is 0 Å².